The zero-order valence-corrected chi connectivity index (χ0v) is 28.2. The van der Waals surface area contributed by atoms with Gasteiger partial charge in [-0.3, -0.25) is 9.59 Å². The zero-order chi connectivity index (χ0) is 32.0. The monoisotopic (exact) mass is 663 g/mol. The third-order valence-corrected chi connectivity index (χ3v) is 10.9. The average Bonchev–Trinajstić information content (AvgIpc) is 3.19. The number of nitrogens with zero attached hydrogens (tertiary/aromatic N) is 2. The van der Waals surface area contributed by atoms with Crippen LogP contribution >= 0.6 is 23.4 Å². The number of hydrogen-bond donors (Lipinski definition) is 2. The molecule has 3 aromatic carbocycles. The molecule has 1 aliphatic rings. The van der Waals surface area contributed by atoms with Crippen molar-refractivity contribution in [3.05, 3.63) is 122 Å². The summed E-state index contributed by atoms with van der Waals surface area (Å²) in [6.45, 7) is 7.43. The summed E-state index contributed by atoms with van der Waals surface area (Å²) in [4.78, 5) is 27.8. The van der Waals surface area contributed by atoms with Crippen LogP contribution in [0.3, 0.4) is 0 Å². The van der Waals surface area contributed by atoms with Gasteiger partial charge in [-0.1, -0.05) is 98.0 Å². The predicted octanol–water partition coefficient (Wildman–Crippen LogP) is 6.32. The van der Waals surface area contributed by atoms with Crippen LogP contribution < -0.4 is 15.5 Å². The van der Waals surface area contributed by atoms with E-state index < -0.39 is 31.4 Å². The number of benzene rings is 3. The fourth-order valence-electron chi connectivity index (χ4n) is 5.13. The number of aliphatic hydroxyl groups is 1. The number of carbonyl (C=O) groups is 1. The number of aliphatic hydroxyl groups excluding tert-OH is 1. The molecule has 1 aliphatic heterocycles. The maximum Gasteiger partial charge on any atom is 0.276 e. The molecule has 0 fully saturated rings. The van der Waals surface area contributed by atoms with Crippen LogP contribution in [0.4, 0.5) is 0 Å². The Hall–Kier alpha value is -3.41. The van der Waals surface area contributed by atoms with E-state index in [9.17, 15) is 14.7 Å². The van der Waals surface area contributed by atoms with Gasteiger partial charge in [0.05, 0.1) is 17.3 Å². The summed E-state index contributed by atoms with van der Waals surface area (Å²) in [5.74, 6) is -0.439. The Kier molecular flexibility index (Phi) is 10.8. The molecule has 5 rings (SSSR count). The SMILES string of the molecule is C[Si](C)(C)CCOCn1cc(OCc2ccccc2)c(=O)c(C(=O)NCC(O)C2c3ccccc3CSc3c(Cl)cccc32)n1. The van der Waals surface area contributed by atoms with Gasteiger partial charge in [0.1, 0.15) is 13.3 Å². The Morgan fingerprint density at radius 3 is 2.60 bits per heavy atom. The van der Waals surface area contributed by atoms with Crippen LogP contribution in [0.1, 0.15) is 38.7 Å². The van der Waals surface area contributed by atoms with Crippen LogP contribution in [0.25, 0.3) is 0 Å². The van der Waals surface area contributed by atoms with Crippen molar-refractivity contribution in [3.8, 4) is 5.75 Å². The van der Waals surface area contributed by atoms with E-state index in [0.717, 1.165) is 33.2 Å². The number of thioether (sulfide) groups is 1. The summed E-state index contributed by atoms with van der Waals surface area (Å²) in [5, 5.41) is 19.2. The Labute approximate surface area is 273 Å². The lowest BCUT2D eigenvalue weighted by atomic mass is 9.84. The van der Waals surface area contributed by atoms with Crippen molar-refractivity contribution in [2.24, 2.45) is 0 Å². The number of rotatable bonds is 12. The van der Waals surface area contributed by atoms with E-state index in [4.69, 9.17) is 21.1 Å². The van der Waals surface area contributed by atoms with Crippen LogP contribution in [0.15, 0.2) is 88.7 Å². The minimum absolute atomic E-state index is 0.00774. The normalized spacial score (nSPS) is 15.0. The Morgan fingerprint density at radius 2 is 1.82 bits per heavy atom. The molecule has 0 aliphatic carbocycles. The van der Waals surface area contributed by atoms with E-state index in [-0.39, 0.29) is 31.3 Å². The molecule has 1 aromatic heterocycles. The molecule has 8 nitrogen and oxygen atoms in total. The highest BCUT2D eigenvalue weighted by atomic mass is 35.5. The van der Waals surface area contributed by atoms with Crippen molar-refractivity contribution in [2.45, 2.75) is 61.7 Å². The van der Waals surface area contributed by atoms with E-state index in [2.05, 4.69) is 30.1 Å². The summed E-state index contributed by atoms with van der Waals surface area (Å²) >= 11 is 8.21. The molecule has 2 N–H and O–H groups in total. The van der Waals surface area contributed by atoms with Gasteiger partial charge in [-0.05, 0) is 34.4 Å². The lowest BCUT2D eigenvalue weighted by Gasteiger charge is -2.26. The first-order chi connectivity index (χ1) is 21.6. The summed E-state index contributed by atoms with van der Waals surface area (Å²) in [7, 11) is -1.31. The molecule has 0 spiro atoms. The topological polar surface area (TPSA) is 103 Å². The quantitative estimate of drug-likeness (QED) is 0.135. The maximum atomic E-state index is 13.5. The second kappa shape index (κ2) is 14.8. The zero-order valence-electron chi connectivity index (χ0n) is 25.7. The Morgan fingerprint density at radius 1 is 1.09 bits per heavy atom. The molecule has 11 heteroatoms. The largest absolute Gasteiger partial charge is 0.483 e. The summed E-state index contributed by atoms with van der Waals surface area (Å²) in [6, 6.07) is 24.0. The van der Waals surface area contributed by atoms with Gasteiger partial charge < -0.3 is 19.9 Å². The lowest BCUT2D eigenvalue weighted by molar-refractivity contribution is 0.0743. The van der Waals surface area contributed by atoms with Crippen molar-refractivity contribution in [1.82, 2.24) is 15.1 Å². The molecule has 2 unspecified atom stereocenters. The fraction of sp³-hybridized carbons (Fsp3) is 0.324. The number of ether oxygens (including phenoxy) is 2. The van der Waals surface area contributed by atoms with Crippen molar-refractivity contribution in [2.75, 3.05) is 13.2 Å². The van der Waals surface area contributed by atoms with Gasteiger partial charge >= 0.3 is 0 Å². The first kappa shape index (κ1) is 33.0. The molecular formula is C34H38ClN3O5SSi. The lowest BCUT2D eigenvalue weighted by Crippen LogP contribution is -2.39. The van der Waals surface area contributed by atoms with E-state index in [0.29, 0.717) is 17.4 Å². The third-order valence-electron chi connectivity index (χ3n) is 7.56. The third kappa shape index (κ3) is 8.45. The smallest absolute Gasteiger partial charge is 0.276 e. The summed E-state index contributed by atoms with van der Waals surface area (Å²) in [6.07, 6.45) is 0.460. The Balaban J connectivity index is 1.37. The van der Waals surface area contributed by atoms with Crippen LogP contribution in [0, 0.1) is 0 Å². The van der Waals surface area contributed by atoms with Crippen LogP contribution in [0.2, 0.25) is 30.7 Å². The number of nitrogens with one attached hydrogen (secondary N) is 1. The molecule has 2 atom stereocenters. The second-order valence-corrected chi connectivity index (χ2v) is 19.2. The van der Waals surface area contributed by atoms with Crippen LogP contribution in [-0.2, 0) is 23.8 Å². The highest BCUT2D eigenvalue weighted by Gasteiger charge is 2.31. The number of hydrogen-bond acceptors (Lipinski definition) is 7. The maximum absolute atomic E-state index is 13.5. The predicted molar refractivity (Wildman–Crippen MR) is 181 cm³/mol. The van der Waals surface area contributed by atoms with Crippen molar-refractivity contribution >= 4 is 37.3 Å². The number of aromatic nitrogens is 2. The number of carbonyl (C=O) groups excluding carboxylic acids is 1. The van der Waals surface area contributed by atoms with Crippen molar-refractivity contribution in [1.29, 1.82) is 0 Å². The molecule has 0 bridgehead atoms. The van der Waals surface area contributed by atoms with Crippen LogP contribution in [-0.4, -0.2) is 48.1 Å². The average molecular weight is 664 g/mol. The highest BCUT2D eigenvalue weighted by Crippen LogP contribution is 2.44. The highest BCUT2D eigenvalue weighted by molar-refractivity contribution is 7.98. The molecule has 2 heterocycles. The van der Waals surface area contributed by atoms with E-state index in [1.807, 2.05) is 72.8 Å². The molecular weight excluding hydrogens is 626 g/mol. The number of fused-ring (bicyclic) bond motifs is 2. The molecule has 236 valence electrons. The Bertz CT molecular complexity index is 1700. The van der Waals surface area contributed by atoms with Crippen molar-refractivity contribution < 1.29 is 19.4 Å². The number of halogens is 1. The van der Waals surface area contributed by atoms with Gasteiger partial charge in [-0.2, -0.15) is 5.10 Å². The van der Waals surface area contributed by atoms with Gasteiger partial charge in [0.25, 0.3) is 11.3 Å². The molecule has 1 amide bonds. The standard InChI is InChI=1S/C34H38ClN3O5SSi/c1-45(2,3)17-16-42-22-38-19-29(43-20-23-10-5-4-6-11-23)32(40)31(37-38)34(41)36-18-28(39)30-25-13-8-7-12-24(25)21-44-33-26(30)14-9-15-27(33)35/h4-15,19,28,30,39H,16-18,20-22H2,1-3H3,(H,36,41). The minimum atomic E-state index is -1.31. The van der Waals surface area contributed by atoms with Crippen LogP contribution in [0.5, 0.6) is 5.75 Å². The number of amides is 1. The van der Waals surface area contributed by atoms with E-state index in [1.54, 1.807) is 11.8 Å². The molecule has 0 saturated heterocycles. The van der Waals surface area contributed by atoms with Gasteiger partial charge in [-0.15, -0.1) is 11.8 Å². The van der Waals surface area contributed by atoms with Gasteiger partial charge in [0.2, 0.25) is 0 Å². The molecule has 4 aromatic rings. The molecule has 45 heavy (non-hydrogen) atoms. The molecule has 0 saturated carbocycles. The fourth-order valence-corrected chi connectivity index (χ4v) is 7.36. The second-order valence-electron chi connectivity index (χ2n) is 12.2. The van der Waals surface area contributed by atoms with Gasteiger partial charge in [0.15, 0.2) is 11.4 Å². The molecule has 0 radical (unpaired) electrons. The summed E-state index contributed by atoms with van der Waals surface area (Å²) in [5.41, 5.74) is 2.87. The minimum Gasteiger partial charge on any atom is -0.483 e. The van der Waals surface area contributed by atoms with Gasteiger partial charge in [-0.25, -0.2) is 4.68 Å². The van der Waals surface area contributed by atoms with E-state index >= 15 is 0 Å². The first-order valence-electron chi connectivity index (χ1n) is 14.9. The van der Waals surface area contributed by atoms with Crippen molar-refractivity contribution in [3.63, 3.8) is 0 Å². The van der Waals surface area contributed by atoms with Gasteiger partial charge in [0, 0.05) is 37.8 Å². The summed E-state index contributed by atoms with van der Waals surface area (Å²) < 4.78 is 13.1. The first-order valence-corrected chi connectivity index (χ1v) is 20.0. The van der Waals surface area contributed by atoms with E-state index in [1.165, 1.54) is 10.9 Å².